The molecule has 1 heterocycles. The number of rotatable bonds is 7. The summed E-state index contributed by atoms with van der Waals surface area (Å²) in [6.07, 6.45) is 4.65. The van der Waals surface area contributed by atoms with Gasteiger partial charge in [0.2, 0.25) is 5.43 Å². The molecule has 0 unspecified atom stereocenters. The van der Waals surface area contributed by atoms with E-state index < -0.39 is 0 Å². The lowest BCUT2D eigenvalue weighted by molar-refractivity contribution is 0.0955. The quantitative estimate of drug-likeness (QED) is 0.393. The molecule has 27 heavy (non-hydrogen) atoms. The third kappa shape index (κ3) is 4.61. The molecule has 0 fully saturated rings. The molecule has 1 N–H and O–H groups in total. The summed E-state index contributed by atoms with van der Waals surface area (Å²) in [4.78, 5) is 24.5. The van der Waals surface area contributed by atoms with Crippen molar-refractivity contribution < 1.29 is 13.9 Å². The fourth-order valence-electron chi connectivity index (χ4n) is 2.44. The van der Waals surface area contributed by atoms with Gasteiger partial charge in [0.25, 0.3) is 5.91 Å². The van der Waals surface area contributed by atoms with Crippen LogP contribution in [-0.2, 0) is 0 Å². The van der Waals surface area contributed by atoms with Crippen molar-refractivity contribution in [3.05, 3.63) is 76.1 Å². The van der Waals surface area contributed by atoms with Crippen molar-refractivity contribution in [3.8, 4) is 5.75 Å². The number of hydrogen-bond donors (Lipinski definition) is 1. The van der Waals surface area contributed by atoms with E-state index in [-0.39, 0.29) is 16.9 Å². The summed E-state index contributed by atoms with van der Waals surface area (Å²) in [7, 11) is 0. The van der Waals surface area contributed by atoms with Crippen molar-refractivity contribution in [1.82, 2.24) is 5.43 Å². The first-order valence-corrected chi connectivity index (χ1v) is 8.76. The lowest BCUT2D eigenvalue weighted by Gasteiger charge is -2.06. The van der Waals surface area contributed by atoms with E-state index in [4.69, 9.17) is 9.15 Å². The number of para-hydroxylation sites is 1. The molecule has 0 atom stereocenters. The Morgan fingerprint density at radius 2 is 1.96 bits per heavy atom. The molecule has 6 heteroatoms. The van der Waals surface area contributed by atoms with Gasteiger partial charge >= 0.3 is 0 Å². The predicted molar refractivity (Wildman–Crippen MR) is 104 cm³/mol. The zero-order valence-electron chi connectivity index (χ0n) is 15.0. The molecule has 0 radical (unpaired) electrons. The minimum atomic E-state index is -0.378. The monoisotopic (exact) mass is 364 g/mol. The molecule has 0 saturated heterocycles. The van der Waals surface area contributed by atoms with Crippen molar-refractivity contribution >= 4 is 23.1 Å². The lowest BCUT2D eigenvalue weighted by atomic mass is 10.2. The van der Waals surface area contributed by atoms with Gasteiger partial charge in [-0.25, -0.2) is 5.43 Å². The van der Waals surface area contributed by atoms with Crippen LogP contribution in [0.25, 0.3) is 11.0 Å². The molecule has 3 rings (SSSR count). The van der Waals surface area contributed by atoms with Gasteiger partial charge in [0.1, 0.15) is 17.6 Å². The Morgan fingerprint density at radius 1 is 1.19 bits per heavy atom. The number of hydrazone groups is 1. The first-order valence-electron chi connectivity index (χ1n) is 8.76. The van der Waals surface area contributed by atoms with E-state index in [2.05, 4.69) is 17.5 Å². The fourth-order valence-corrected chi connectivity index (χ4v) is 2.44. The van der Waals surface area contributed by atoms with Gasteiger partial charge in [0, 0.05) is 5.56 Å². The molecular formula is C21H20N2O4. The van der Waals surface area contributed by atoms with Crippen LogP contribution in [0.3, 0.4) is 0 Å². The summed E-state index contributed by atoms with van der Waals surface area (Å²) in [5.74, 6) is 0.341. The highest BCUT2D eigenvalue weighted by Crippen LogP contribution is 2.13. The van der Waals surface area contributed by atoms with Crippen molar-refractivity contribution in [1.29, 1.82) is 0 Å². The third-order valence-corrected chi connectivity index (χ3v) is 3.96. The number of hydrogen-bond acceptors (Lipinski definition) is 5. The van der Waals surface area contributed by atoms with Crippen LogP contribution in [0.15, 0.2) is 69.1 Å². The topological polar surface area (TPSA) is 80.9 Å². The van der Waals surface area contributed by atoms with Crippen LogP contribution >= 0.6 is 0 Å². The highest BCUT2D eigenvalue weighted by Gasteiger charge is 2.06. The Balaban J connectivity index is 1.63. The number of unbranched alkanes of at least 4 members (excludes halogenated alkanes) is 1. The standard InChI is InChI=1S/C21H20N2O4/c1-2-3-12-26-17-10-8-15(9-11-17)21(25)23-22-13-16-14-27-19-7-5-4-6-18(19)20(16)24/h4-11,13-14H,2-3,12H2,1H3,(H,23,25)/b22-13+. The predicted octanol–water partition coefficient (Wildman–Crippen LogP) is 3.74. The molecule has 0 aliphatic carbocycles. The second kappa shape index (κ2) is 8.80. The largest absolute Gasteiger partial charge is 0.494 e. The SMILES string of the molecule is CCCCOc1ccc(C(=O)N/N=C/c2coc3ccccc3c2=O)cc1. The number of carbonyl (C=O) groups excluding carboxylic acids is 1. The molecule has 1 aromatic heterocycles. The van der Waals surface area contributed by atoms with Crippen LogP contribution in [0.5, 0.6) is 5.75 Å². The number of ether oxygens (including phenoxy) is 1. The summed E-state index contributed by atoms with van der Waals surface area (Å²) in [6.45, 7) is 2.75. The van der Waals surface area contributed by atoms with E-state index in [0.717, 1.165) is 18.6 Å². The maximum Gasteiger partial charge on any atom is 0.271 e. The molecular weight excluding hydrogens is 344 g/mol. The van der Waals surface area contributed by atoms with Crippen molar-refractivity contribution in [3.63, 3.8) is 0 Å². The van der Waals surface area contributed by atoms with Gasteiger partial charge in [-0.2, -0.15) is 5.10 Å². The zero-order chi connectivity index (χ0) is 19.1. The van der Waals surface area contributed by atoms with E-state index >= 15 is 0 Å². The fraction of sp³-hybridized carbons (Fsp3) is 0.190. The van der Waals surface area contributed by atoms with E-state index in [1.807, 2.05) is 0 Å². The molecule has 2 aromatic carbocycles. The average Bonchev–Trinajstić information content (AvgIpc) is 2.70. The summed E-state index contributed by atoms with van der Waals surface area (Å²) in [6, 6.07) is 13.8. The van der Waals surface area contributed by atoms with E-state index in [0.29, 0.717) is 23.1 Å². The maximum absolute atomic E-state index is 12.3. The van der Waals surface area contributed by atoms with Gasteiger partial charge in [0.05, 0.1) is 23.8 Å². The smallest absolute Gasteiger partial charge is 0.271 e. The number of amides is 1. The van der Waals surface area contributed by atoms with Crippen LogP contribution < -0.4 is 15.6 Å². The molecule has 0 aliphatic heterocycles. The van der Waals surface area contributed by atoms with E-state index in [1.165, 1.54) is 12.5 Å². The molecule has 138 valence electrons. The number of nitrogens with one attached hydrogen (secondary N) is 1. The second-order valence-electron chi connectivity index (χ2n) is 5.94. The van der Waals surface area contributed by atoms with Crippen LogP contribution in [0.2, 0.25) is 0 Å². The Kier molecular flexibility index (Phi) is 5.99. The Bertz CT molecular complexity index is 1010. The van der Waals surface area contributed by atoms with E-state index in [1.54, 1.807) is 48.5 Å². The molecule has 3 aromatic rings. The molecule has 0 spiro atoms. The number of benzene rings is 2. The van der Waals surface area contributed by atoms with Gasteiger partial charge in [0.15, 0.2) is 0 Å². The number of fused-ring (bicyclic) bond motifs is 1. The van der Waals surface area contributed by atoms with Crippen LogP contribution in [0.4, 0.5) is 0 Å². The minimum absolute atomic E-state index is 0.205. The average molecular weight is 364 g/mol. The van der Waals surface area contributed by atoms with Crippen LogP contribution in [-0.4, -0.2) is 18.7 Å². The molecule has 0 bridgehead atoms. The lowest BCUT2D eigenvalue weighted by Crippen LogP contribution is -2.18. The van der Waals surface area contributed by atoms with Gasteiger partial charge in [-0.1, -0.05) is 25.5 Å². The van der Waals surface area contributed by atoms with Crippen LogP contribution in [0.1, 0.15) is 35.7 Å². The van der Waals surface area contributed by atoms with Crippen molar-refractivity contribution in [2.24, 2.45) is 5.10 Å². The van der Waals surface area contributed by atoms with Gasteiger partial charge in [-0.3, -0.25) is 9.59 Å². The third-order valence-electron chi connectivity index (χ3n) is 3.96. The summed E-state index contributed by atoms with van der Waals surface area (Å²) in [5.41, 5.74) is 3.41. The van der Waals surface area contributed by atoms with Gasteiger partial charge in [-0.05, 0) is 42.8 Å². The Morgan fingerprint density at radius 3 is 2.74 bits per heavy atom. The van der Waals surface area contributed by atoms with E-state index in [9.17, 15) is 9.59 Å². The molecule has 0 saturated carbocycles. The van der Waals surface area contributed by atoms with Gasteiger partial charge in [-0.15, -0.1) is 0 Å². The normalized spacial score (nSPS) is 11.0. The zero-order valence-corrected chi connectivity index (χ0v) is 15.0. The number of carbonyl (C=O) groups is 1. The van der Waals surface area contributed by atoms with Crippen LogP contribution in [0, 0.1) is 0 Å². The summed E-state index contributed by atoms with van der Waals surface area (Å²) in [5, 5.41) is 4.32. The van der Waals surface area contributed by atoms with Crippen molar-refractivity contribution in [2.45, 2.75) is 19.8 Å². The Hall–Kier alpha value is -3.41. The summed E-state index contributed by atoms with van der Waals surface area (Å²) >= 11 is 0. The minimum Gasteiger partial charge on any atom is -0.494 e. The number of nitrogens with zero attached hydrogens (tertiary/aromatic N) is 1. The highest BCUT2D eigenvalue weighted by atomic mass is 16.5. The molecule has 6 nitrogen and oxygen atoms in total. The molecule has 1 amide bonds. The first kappa shape index (κ1) is 18.4. The first-order chi connectivity index (χ1) is 13.2. The van der Waals surface area contributed by atoms with Crippen molar-refractivity contribution in [2.75, 3.05) is 6.61 Å². The maximum atomic E-state index is 12.3. The molecule has 0 aliphatic rings. The Labute approximate surface area is 156 Å². The highest BCUT2D eigenvalue weighted by molar-refractivity contribution is 5.95. The summed E-state index contributed by atoms with van der Waals surface area (Å²) < 4.78 is 11.0. The van der Waals surface area contributed by atoms with Gasteiger partial charge < -0.3 is 9.15 Å². The second-order valence-corrected chi connectivity index (χ2v) is 5.94.